The molecular weight excluding hydrogens is 352 g/mol. The summed E-state index contributed by atoms with van der Waals surface area (Å²) in [6.45, 7) is 1.74. The number of carbonyl (C=O) groups excluding carboxylic acids is 1. The summed E-state index contributed by atoms with van der Waals surface area (Å²) in [6.07, 6.45) is 1.10. The first-order valence-corrected chi connectivity index (χ1v) is 10.1. The number of hydrogen-bond acceptors (Lipinski definition) is 4. The normalized spacial score (nSPS) is 12.6. The molecule has 1 amide bonds. The van der Waals surface area contributed by atoms with Gasteiger partial charge in [0.2, 0.25) is 15.9 Å². The molecule has 0 saturated heterocycles. The maximum atomic E-state index is 12.4. The minimum absolute atomic E-state index is 0.149. The molecule has 0 bridgehead atoms. The summed E-state index contributed by atoms with van der Waals surface area (Å²) in [6, 6.07) is 16.3. The van der Waals surface area contributed by atoms with Crippen molar-refractivity contribution in [2.45, 2.75) is 19.5 Å². The summed E-state index contributed by atoms with van der Waals surface area (Å²) < 4.78 is 30.6. The molecule has 0 aromatic heterocycles. The fourth-order valence-electron chi connectivity index (χ4n) is 2.63. The molecule has 0 spiro atoms. The number of nitrogens with one attached hydrogen (secondary N) is 1. The maximum absolute atomic E-state index is 12.4. The molecule has 1 unspecified atom stereocenters. The van der Waals surface area contributed by atoms with Crippen molar-refractivity contribution in [2.75, 3.05) is 19.9 Å². The zero-order valence-corrected chi connectivity index (χ0v) is 16.0. The van der Waals surface area contributed by atoms with Crippen LogP contribution in [0.25, 0.3) is 0 Å². The van der Waals surface area contributed by atoms with Crippen molar-refractivity contribution >= 4 is 15.9 Å². The van der Waals surface area contributed by atoms with Crippen LogP contribution in [-0.4, -0.2) is 38.5 Å². The average Bonchev–Trinajstić information content (AvgIpc) is 2.61. The third-order valence-corrected chi connectivity index (χ3v) is 5.17. The van der Waals surface area contributed by atoms with E-state index < -0.39 is 10.0 Å². The summed E-state index contributed by atoms with van der Waals surface area (Å²) >= 11 is 0. The van der Waals surface area contributed by atoms with Gasteiger partial charge in [0.1, 0.15) is 5.75 Å². The lowest BCUT2D eigenvalue weighted by atomic mass is 10.1. The number of ether oxygens (including phenoxy) is 1. The highest BCUT2D eigenvalue weighted by molar-refractivity contribution is 7.88. The van der Waals surface area contributed by atoms with Crippen LogP contribution in [0.15, 0.2) is 54.6 Å². The van der Waals surface area contributed by atoms with Gasteiger partial charge in [-0.2, -0.15) is 4.31 Å². The molecule has 140 valence electrons. The number of amides is 1. The van der Waals surface area contributed by atoms with Gasteiger partial charge in [-0.25, -0.2) is 8.42 Å². The molecule has 0 aliphatic carbocycles. The highest BCUT2D eigenvalue weighted by atomic mass is 32.2. The van der Waals surface area contributed by atoms with E-state index >= 15 is 0 Å². The van der Waals surface area contributed by atoms with E-state index in [9.17, 15) is 13.2 Å². The Kier molecular flexibility index (Phi) is 6.76. The lowest BCUT2D eigenvalue weighted by Gasteiger charge is -2.22. The monoisotopic (exact) mass is 376 g/mol. The van der Waals surface area contributed by atoms with E-state index in [-0.39, 0.29) is 25.0 Å². The van der Waals surface area contributed by atoms with E-state index in [1.165, 1.54) is 0 Å². The van der Waals surface area contributed by atoms with Gasteiger partial charge in [-0.1, -0.05) is 48.5 Å². The van der Waals surface area contributed by atoms with E-state index in [1.54, 1.807) is 7.11 Å². The van der Waals surface area contributed by atoms with Crippen LogP contribution in [0.5, 0.6) is 5.75 Å². The minimum atomic E-state index is -3.52. The molecule has 0 aliphatic rings. The molecule has 0 radical (unpaired) electrons. The predicted octanol–water partition coefficient (Wildman–Crippen LogP) is 2.33. The smallest absolute Gasteiger partial charge is 0.235 e. The first kappa shape index (κ1) is 19.9. The standard InChI is InChI=1S/C19H24N2O4S/c1-15(17-11-7-8-12-18(17)25-2)20-19(22)14-21(26(3,23)24)13-16-9-5-4-6-10-16/h4-12,15H,13-14H2,1-3H3,(H,20,22). The number of nitrogens with zero attached hydrogens (tertiary/aromatic N) is 1. The van der Waals surface area contributed by atoms with Gasteiger partial charge in [-0.05, 0) is 18.6 Å². The van der Waals surface area contributed by atoms with Crippen molar-refractivity contribution in [3.63, 3.8) is 0 Å². The Balaban J connectivity index is 2.07. The third-order valence-electron chi connectivity index (χ3n) is 3.97. The SMILES string of the molecule is COc1ccccc1C(C)NC(=O)CN(Cc1ccccc1)S(C)(=O)=O. The van der Waals surface area contributed by atoms with Crippen LogP contribution in [0, 0.1) is 0 Å². The van der Waals surface area contributed by atoms with E-state index in [4.69, 9.17) is 4.74 Å². The van der Waals surface area contributed by atoms with Gasteiger partial charge in [-0.15, -0.1) is 0 Å². The zero-order chi connectivity index (χ0) is 19.2. The number of hydrogen-bond donors (Lipinski definition) is 1. The number of carbonyl (C=O) groups is 1. The average molecular weight is 376 g/mol. The topological polar surface area (TPSA) is 75.7 Å². The lowest BCUT2D eigenvalue weighted by molar-refractivity contribution is -0.122. The molecule has 7 heteroatoms. The predicted molar refractivity (Wildman–Crippen MR) is 101 cm³/mol. The van der Waals surface area contributed by atoms with Crippen molar-refractivity contribution in [2.24, 2.45) is 0 Å². The number of sulfonamides is 1. The second kappa shape index (κ2) is 8.82. The number of benzene rings is 2. The van der Waals surface area contributed by atoms with Crippen molar-refractivity contribution in [3.8, 4) is 5.75 Å². The first-order chi connectivity index (χ1) is 12.3. The minimum Gasteiger partial charge on any atom is -0.496 e. The molecule has 0 heterocycles. The highest BCUT2D eigenvalue weighted by Gasteiger charge is 2.22. The van der Waals surface area contributed by atoms with E-state index in [0.29, 0.717) is 5.75 Å². The number of methoxy groups -OCH3 is 1. The van der Waals surface area contributed by atoms with Crippen LogP contribution in [0.2, 0.25) is 0 Å². The first-order valence-electron chi connectivity index (χ1n) is 8.22. The van der Waals surface area contributed by atoms with Gasteiger partial charge >= 0.3 is 0 Å². The van der Waals surface area contributed by atoms with Crippen LogP contribution >= 0.6 is 0 Å². The van der Waals surface area contributed by atoms with Gasteiger partial charge in [-0.3, -0.25) is 4.79 Å². The Morgan fingerprint density at radius 2 is 1.73 bits per heavy atom. The molecule has 0 aliphatic heterocycles. The van der Waals surface area contributed by atoms with Crippen molar-refractivity contribution in [3.05, 3.63) is 65.7 Å². The fourth-order valence-corrected chi connectivity index (χ4v) is 3.36. The summed E-state index contributed by atoms with van der Waals surface area (Å²) in [5.74, 6) is 0.300. The zero-order valence-electron chi connectivity index (χ0n) is 15.2. The number of rotatable bonds is 8. The van der Waals surface area contributed by atoms with Gasteiger partial charge < -0.3 is 10.1 Å². The Labute approximate surface area is 154 Å². The van der Waals surface area contributed by atoms with E-state index in [2.05, 4.69) is 5.32 Å². The second-order valence-electron chi connectivity index (χ2n) is 6.05. The molecule has 2 rings (SSSR count). The van der Waals surface area contributed by atoms with Crippen LogP contribution < -0.4 is 10.1 Å². The number of para-hydroxylation sites is 1. The summed E-state index contributed by atoms with van der Waals surface area (Å²) in [4.78, 5) is 12.4. The van der Waals surface area contributed by atoms with Gasteiger partial charge in [0.15, 0.2) is 0 Å². The fraction of sp³-hybridized carbons (Fsp3) is 0.316. The second-order valence-corrected chi connectivity index (χ2v) is 8.03. The Morgan fingerprint density at radius 3 is 2.35 bits per heavy atom. The molecule has 2 aromatic rings. The van der Waals surface area contributed by atoms with Crippen LogP contribution in [0.4, 0.5) is 0 Å². The largest absolute Gasteiger partial charge is 0.496 e. The molecule has 26 heavy (non-hydrogen) atoms. The summed E-state index contributed by atoms with van der Waals surface area (Å²) in [5.41, 5.74) is 1.65. The van der Waals surface area contributed by atoms with Crippen molar-refractivity contribution in [1.82, 2.24) is 9.62 Å². The highest BCUT2D eigenvalue weighted by Crippen LogP contribution is 2.24. The van der Waals surface area contributed by atoms with Crippen LogP contribution in [0.3, 0.4) is 0 Å². The Morgan fingerprint density at radius 1 is 1.12 bits per heavy atom. The van der Waals surface area contributed by atoms with Gasteiger partial charge in [0, 0.05) is 12.1 Å². The van der Waals surface area contributed by atoms with Crippen LogP contribution in [0.1, 0.15) is 24.1 Å². The van der Waals surface area contributed by atoms with Gasteiger partial charge in [0.05, 0.1) is 26.0 Å². The molecular formula is C19H24N2O4S. The maximum Gasteiger partial charge on any atom is 0.235 e. The molecule has 1 N–H and O–H groups in total. The molecule has 1 atom stereocenters. The van der Waals surface area contributed by atoms with Crippen LogP contribution in [-0.2, 0) is 21.4 Å². The molecule has 6 nitrogen and oxygen atoms in total. The third kappa shape index (κ3) is 5.57. The quantitative estimate of drug-likeness (QED) is 0.767. The van der Waals surface area contributed by atoms with E-state index in [0.717, 1.165) is 21.7 Å². The lowest BCUT2D eigenvalue weighted by Crippen LogP contribution is -2.40. The molecule has 0 fully saturated rings. The molecule has 2 aromatic carbocycles. The van der Waals surface area contributed by atoms with Crippen molar-refractivity contribution in [1.29, 1.82) is 0 Å². The summed E-state index contributed by atoms with van der Waals surface area (Å²) in [7, 11) is -1.96. The summed E-state index contributed by atoms with van der Waals surface area (Å²) in [5, 5.41) is 2.83. The molecule has 0 saturated carbocycles. The van der Waals surface area contributed by atoms with E-state index in [1.807, 2.05) is 61.5 Å². The van der Waals surface area contributed by atoms with Gasteiger partial charge in [0.25, 0.3) is 0 Å². The van der Waals surface area contributed by atoms with Crippen molar-refractivity contribution < 1.29 is 17.9 Å². The Bertz CT molecular complexity index is 838. The Hall–Kier alpha value is -2.38.